The SMILES string of the molecule is CCC(=O)Nc1ccc(N2C(=S)NC(c3ccccn3)C2c2cccn2C2CCCCC2)cc1C. The van der Waals surface area contributed by atoms with Crippen LogP contribution in [0.2, 0.25) is 0 Å². The Morgan fingerprint density at radius 1 is 1.14 bits per heavy atom. The van der Waals surface area contributed by atoms with E-state index in [1.165, 1.54) is 37.8 Å². The van der Waals surface area contributed by atoms with Crippen molar-refractivity contribution < 1.29 is 4.79 Å². The third-order valence-corrected chi connectivity index (χ3v) is 7.58. The molecule has 7 heteroatoms. The van der Waals surface area contributed by atoms with E-state index in [0.717, 1.165) is 22.6 Å². The first-order chi connectivity index (χ1) is 17.1. The minimum Gasteiger partial charge on any atom is -0.351 e. The van der Waals surface area contributed by atoms with Crippen LogP contribution in [0.1, 0.15) is 80.5 Å². The quantitative estimate of drug-likeness (QED) is 0.404. The number of rotatable bonds is 6. The Labute approximate surface area is 212 Å². The first kappa shape index (κ1) is 23.5. The third-order valence-electron chi connectivity index (χ3n) is 7.26. The molecule has 1 saturated carbocycles. The van der Waals surface area contributed by atoms with Gasteiger partial charge in [0.15, 0.2) is 5.11 Å². The van der Waals surface area contributed by atoms with Crippen LogP contribution in [0.5, 0.6) is 0 Å². The van der Waals surface area contributed by atoms with Gasteiger partial charge < -0.3 is 20.1 Å². The lowest BCUT2D eigenvalue weighted by Crippen LogP contribution is -2.31. The lowest BCUT2D eigenvalue weighted by Gasteiger charge is -2.32. The van der Waals surface area contributed by atoms with E-state index in [0.29, 0.717) is 17.6 Å². The van der Waals surface area contributed by atoms with Crippen LogP contribution in [0.3, 0.4) is 0 Å². The summed E-state index contributed by atoms with van der Waals surface area (Å²) < 4.78 is 2.48. The topological polar surface area (TPSA) is 62.2 Å². The summed E-state index contributed by atoms with van der Waals surface area (Å²) in [7, 11) is 0. The number of pyridine rings is 1. The Bertz CT molecular complexity index is 1200. The maximum Gasteiger partial charge on any atom is 0.224 e. The number of carbonyl (C=O) groups is 1. The van der Waals surface area contributed by atoms with Crippen molar-refractivity contribution in [2.75, 3.05) is 10.2 Å². The Kier molecular flexibility index (Phi) is 6.86. The number of hydrogen-bond donors (Lipinski definition) is 2. The molecule has 2 N–H and O–H groups in total. The van der Waals surface area contributed by atoms with Crippen LogP contribution < -0.4 is 15.5 Å². The maximum atomic E-state index is 12.0. The van der Waals surface area contributed by atoms with Gasteiger partial charge in [-0.25, -0.2) is 0 Å². The van der Waals surface area contributed by atoms with E-state index < -0.39 is 0 Å². The van der Waals surface area contributed by atoms with Crippen LogP contribution in [-0.4, -0.2) is 20.6 Å². The van der Waals surface area contributed by atoms with Gasteiger partial charge in [-0.3, -0.25) is 9.78 Å². The van der Waals surface area contributed by atoms with Crippen molar-refractivity contribution in [3.63, 3.8) is 0 Å². The summed E-state index contributed by atoms with van der Waals surface area (Å²) in [6.45, 7) is 3.88. The highest BCUT2D eigenvalue weighted by Crippen LogP contribution is 2.44. The monoisotopic (exact) mass is 487 g/mol. The first-order valence-corrected chi connectivity index (χ1v) is 13.1. The zero-order chi connectivity index (χ0) is 24.4. The predicted molar refractivity (Wildman–Crippen MR) is 145 cm³/mol. The maximum absolute atomic E-state index is 12.0. The summed E-state index contributed by atoms with van der Waals surface area (Å²) >= 11 is 5.92. The number of amides is 1. The second-order valence-electron chi connectivity index (χ2n) is 9.53. The zero-order valence-corrected chi connectivity index (χ0v) is 21.2. The lowest BCUT2D eigenvalue weighted by atomic mass is 9.94. The van der Waals surface area contributed by atoms with Crippen LogP contribution >= 0.6 is 12.2 Å². The molecule has 2 atom stereocenters. The summed E-state index contributed by atoms with van der Waals surface area (Å²) in [5.74, 6) is 0.0117. The minimum absolute atomic E-state index is 0.0117. The zero-order valence-electron chi connectivity index (χ0n) is 20.4. The normalized spacial score (nSPS) is 20.6. The molecule has 2 fully saturated rings. The molecule has 6 nitrogen and oxygen atoms in total. The molecule has 1 amide bonds. The molecule has 0 spiro atoms. The Morgan fingerprint density at radius 2 is 1.97 bits per heavy atom. The molecule has 2 unspecified atom stereocenters. The largest absolute Gasteiger partial charge is 0.351 e. The second-order valence-corrected chi connectivity index (χ2v) is 9.92. The van der Waals surface area contributed by atoms with Gasteiger partial charge in [0.1, 0.15) is 6.04 Å². The fourth-order valence-electron chi connectivity index (χ4n) is 5.46. The molecular weight excluding hydrogens is 454 g/mol. The molecule has 1 aliphatic carbocycles. The lowest BCUT2D eigenvalue weighted by molar-refractivity contribution is -0.115. The number of hydrogen-bond acceptors (Lipinski definition) is 3. The van der Waals surface area contributed by atoms with Gasteiger partial charge in [0, 0.05) is 41.9 Å². The van der Waals surface area contributed by atoms with Gasteiger partial charge in [-0.1, -0.05) is 32.3 Å². The Balaban J connectivity index is 1.57. The summed E-state index contributed by atoms with van der Waals surface area (Å²) in [6.07, 6.45) is 10.8. The van der Waals surface area contributed by atoms with Crippen LogP contribution in [0.25, 0.3) is 0 Å². The predicted octanol–water partition coefficient (Wildman–Crippen LogP) is 6.22. The number of benzene rings is 1. The highest BCUT2D eigenvalue weighted by atomic mass is 32.1. The van der Waals surface area contributed by atoms with E-state index in [9.17, 15) is 4.79 Å². The smallest absolute Gasteiger partial charge is 0.224 e. The van der Waals surface area contributed by atoms with Crippen molar-refractivity contribution in [1.82, 2.24) is 14.9 Å². The summed E-state index contributed by atoms with van der Waals surface area (Å²) in [4.78, 5) is 18.9. The molecule has 2 aliphatic rings. The van der Waals surface area contributed by atoms with Gasteiger partial charge in [0.25, 0.3) is 0 Å². The van der Waals surface area contributed by atoms with Crippen molar-refractivity contribution in [2.45, 2.75) is 70.5 Å². The molecular formula is C28H33N5OS. The van der Waals surface area contributed by atoms with Gasteiger partial charge in [-0.15, -0.1) is 0 Å². The van der Waals surface area contributed by atoms with E-state index in [-0.39, 0.29) is 18.0 Å². The number of nitrogens with zero attached hydrogens (tertiary/aromatic N) is 3. The molecule has 5 rings (SSSR count). The number of carbonyl (C=O) groups excluding carboxylic acids is 1. The molecule has 1 saturated heterocycles. The van der Waals surface area contributed by atoms with E-state index in [2.05, 4.69) is 50.6 Å². The molecule has 0 bridgehead atoms. The third kappa shape index (κ3) is 4.69. The van der Waals surface area contributed by atoms with E-state index >= 15 is 0 Å². The van der Waals surface area contributed by atoms with Crippen molar-refractivity contribution >= 4 is 34.6 Å². The first-order valence-electron chi connectivity index (χ1n) is 12.6. The fourth-order valence-corrected chi connectivity index (χ4v) is 5.81. The minimum atomic E-state index is -0.0688. The van der Waals surface area contributed by atoms with Crippen molar-refractivity contribution in [3.8, 4) is 0 Å². The van der Waals surface area contributed by atoms with Gasteiger partial charge in [0.2, 0.25) is 5.91 Å². The van der Waals surface area contributed by atoms with Crippen molar-refractivity contribution in [3.05, 3.63) is 77.9 Å². The summed E-state index contributed by atoms with van der Waals surface area (Å²) in [5, 5.41) is 7.26. The van der Waals surface area contributed by atoms with Gasteiger partial charge in [0.05, 0.1) is 11.7 Å². The molecule has 0 radical (unpaired) electrons. The van der Waals surface area contributed by atoms with Gasteiger partial charge >= 0.3 is 0 Å². The fraction of sp³-hybridized carbons (Fsp3) is 0.393. The molecule has 35 heavy (non-hydrogen) atoms. The van der Waals surface area contributed by atoms with Crippen LogP contribution in [0, 0.1) is 6.92 Å². The highest BCUT2D eigenvalue weighted by Gasteiger charge is 2.42. The number of aryl methyl sites for hydroxylation is 1. The van der Waals surface area contributed by atoms with Crippen LogP contribution in [0.4, 0.5) is 11.4 Å². The summed E-state index contributed by atoms with van der Waals surface area (Å²) in [6, 6.07) is 17.0. The molecule has 3 heterocycles. The van der Waals surface area contributed by atoms with Crippen molar-refractivity contribution in [2.24, 2.45) is 0 Å². The van der Waals surface area contributed by atoms with Crippen LogP contribution in [-0.2, 0) is 4.79 Å². The van der Waals surface area contributed by atoms with Crippen molar-refractivity contribution in [1.29, 1.82) is 0 Å². The molecule has 182 valence electrons. The summed E-state index contributed by atoms with van der Waals surface area (Å²) in [5.41, 5.74) is 5.08. The van der Waals surface area contributed by atoms with Crippen LogP contribution in [0.15, 0.2) is 60.9 Å². The Morgan fingerprint density at radius 3 is 2.69 bits per heavy atom. The highest BCUT2D eigenvalue weighted by molar-refractivity contribution is 7.80. The number of thiocarbonyl (C=S) groups is 1. The van der Waals surface area contributed by atoms with E-state index in [1.54, 1.807) is 0 Å². The Hall–Kier alpha value is -3.19. The molecule has 3 aromatic rings. The van der Waals surface area contributed by atoms with E-state index in [1.807, 2.05) is 44.3 Å². The van der Waals surface area contributed by atoms with Gasteiger partial charge in [-0.2, -0.15) is 0 Å². The standard InChI is InChI=1S/C28H33N5OS/c1-3-25(34)30-22-15-14-21(18-19(22)2)33-27(26(31-28(33)35)23-12-7-8-16-29-23)24-13-9-17-32(24)20-10-5-4-6-11-20/h7-9,12-18,20,26-27H,3-6,10-11H2,1-2H3,(H,30,34)(H,31,35). The van der Waals surface area contributed by atoms with Gasteiger partial charge in [-0.05, 0) is 80.0 Å². The number of nitrogens with one attached hydrogen (secondary N) is 2. The van der Waals surface area contributed by atoms with E-state index in [4.69, 9.17) is 17.2 Å². The average Bonchev–Trinajstić information content (AvgIpc) is 3.50. The number of anilines is 2. The molecule has 1 aliphatic heterocycles. The number of aromatic nitrogens is 2. The molecule has 1 aromatic carbocycles. The second kappa shape index (κ2) is 10.2. The average molecular weight is 488 g/mol. The molecule has 2 aromatic heterocycles.